The van der Waals surface area contributed by atoms with Crippen LogP contribution in [0.25, 0.3) is 0 Å². The summed E-state index contributed by atoms with van der Waals surface area (Å²) in [6, 6.07) is 14.0. The van der Waals surface area contributed by atoms with Crippen molar-refractivity contribution in [2.75, 3.05) is 33.5 Å². The molecule has 26 heavy (non-hydrogen) atoms. The number of halogens is 2. The molecule has 2 rings (SSSR count). The third-order valence-corrected chi connectivity index (χ3v) is 4.09. The Labute approximate surface area is 169 Å². The molecule has 0 heterocycles. The summed E-state index contributed by atoms with van der Waals surface area (Å²) < 4.78 is 17.5. The fourth-order valence-electron chi connectivity index (χ4n) is 2.29. The van der Waals surface area contributed by atoms with Gasteiger partial charge in [0.1, 0.15) is 6.61 Å². The zero-order chi connectivity index (χ0) is 17.9. The smallest absolute Gasteiger partial charge is 0.175 e. The maximum absolute atomic E-state index is 8.66. The van der Waals surface area contributed by atoms with E-state index in [2.05, 4.69) is 21.2 Å². The minimum absolute atomic E-state index is 0. The molecule has 2 aromatic rings. The maximum atomic E-state index is 8.66. The maximum Gasteiger partial charge on any atom is 0.175 e. The molecule has 7 heteroatoms. The van der Waals surface area contributed by atoms with Gasteiger partial charge in [0, 0.05) is 13.1 Å². The van der Waals surface area contributed by atoms with Gasteiger partial charge in [0.25, 0.3) is 0 Å². The van der Waals surface area contributed by atoms with Crippen LogP contribution in [0.3, 0.4) is 0 Å². The topological polar surface area (TPSA) is 60.0 Å². The molecule has 0 radical (unpaired) electrons. The summed E-state index contributed by atoms with van der Waals surface area (Å²) in [6.45, 7) is 2.87. The van der Waals surface area contributed by atoms with Crippen LogP contribution in [-0.4, -0.2) is 38.6 Å². The van der Waals surface area contributed by atoms with E-state index in [4.69, 9.17) is 19.3 Å². The number of ether oxygens (including phenoxy) is 3. The van der Waals surface area contributed by atoms with E-state index in [1.165, 1.54) is 0 Å². The van der Waals surface area contributed by atoms with Gasteiger partial charge in [0.15, 0.2) is 11.5 Å². The highest BCUT2D eigenvalue weighted by Gasteiger charge is 2.12. The monoisotopic (exact) mass is 445 g/mol. The van der Waals surface area contributed by atoms with Crippen LogP contribution in [0.1, 0.15) is 11.1 Å². The van der Waals surface area contributed by atoms with Crippen molar-refractivity contribution in [2.45, 2.75) is 13.2 Å². The minimum Gasteiger partial charge on any atom is -0.493 e. The third-order valence-electron chi connectivity index (χ3n) is 3.50. The van der Waals surface area contributed by atoms with Gasteiger partial charge in [0.2, 0.25) is 0 Å². The molecule has 0 aliphatic carbocycles. The van der Waals surface area contributed by atoms with Gasteiger partial charge in [-0.05, 0) is 39.2 Å². The molecule has 2 aromatic carbocycles. The van der Waals surface area contributed by atoms with Crippen LogP contribution in [-0.2, 0) is 17.9 Å². The third kappa shape index (κ3) is 7.51. The van der Waals surface area contributed by atoms with Crippen molar-refractivity contribution in [1.29, 1.82) is 0 Å². The Morgan fingerprint density at radius 3 is 2.54 bits per heavy atom. The lowest BCUT2D eigenvalue weighted by Gasteiger charge is -2.15. The minimum atomic E-state index is 0. The van der Waals surface area contributed by atoms with E-state index in [0.29, 0.717) is 44.4 Å². The first-order valence-corrected chi connectivity index (χ1v) is 8.96. The second-order valence-electron chi connectivity index (χ2n) is 5.40. The molecule has 0 bridgehead atoms. The van der Waals surface area contributed by atoms with E-state index >= 15 is 0 Å². The summed E-state index contributed by atoms with van der Waals surface area (Å²) in [4.78, 5) is 0. The lowest BCUT2D eigenvalue weighted by Crippen LogP contribution is -2.20. The molecule has 144 valence electrons. The zero-order valence-electron chi connectivity index (χ0n) is 14.7. The first kappa shape index (κ1) is 22.7. The van der Waals surface area contributed by atoms with Crippen molar-refractivity contribution in [1.82, 2.24) is 5.32 Å². The lowest BCUT2D eigenvalue weighted by atomic mass is 10.2. The molecule has 0 aromatic heterocycles. The molecule has 0 aliphatic rings. The van der Waals surface area contributed by atoms with Crippen molar-refractivity contribution in [3.63, 3.8) is 0 Å². The van der Waals surface area contributed by atoms with Crippen molar-refractivity contribution in [3.8, 4) is 11.5 Å². The quantitative estimate of drug-likeness (QED) is 0.517. The first-order valence-electron chi connectivity index (χ1n) is 8.17. The lowest BCUT2D eigenvalue weighted by molar-refractivity contribution is 0.0938. The molecule has 0 aliphatic heterocycles. The SMILES string of the molecule is COc1cc(CNCCOCCO)cc(Br)c1OCc1ccccc1.Cl. The summed E-state index contributed by atoms with van der Waals surface area (Å²) in [5, 5.41) is 11.9. The number of benzene rings is 2. The van der Waals surface area contributed by atoms with E-state index in [1.807, 2.05) is 42.5 Å². The fourth-order valence-corrected chi connectivity index (χ4v) is 2.89. The Hall–Kier alpha value is -1.31. The van der Waals surface area contributed by atoms with Crippen LogP contribution >= 0.6 is 28.3 Å². The van der Waals surface area contributed by atoms with Crippen molar-refractivity contribution < 1.29 is 19.3 Å². The molecule has 0 fully saturated rings. The van der Waals surface area contributed by atoms with Crippen LogP contribution in [0, 0.1) is 0 Å². The van der Waals surface area contributed by atoms with Gasteiger partial charge in [-0.2, -0.15) is 0 Å². The number of rotatable bonds is 11. The highest BCUT2D eigenvalue weighted by molar-refractivity contribution is 9.10. The molecule has 0 saturated carbocycles. The summed E-state index contributed by atoms with van der Waals surface area (Å²) in [7, 11) is 1.64. The molecule has 0 saturated heterocycles. The van der Waals surface area contributed by atoms with E-state index in [1.54, 1.807) is 7.11 Å². The molecule has 0 amide bonds. The Kier molecular flexibility index (Phi) is 11.3. The Morgan fingerprint density at radius 1 is 1.08 bits per heavy atom. The summed E-state index contributed by atoms with van der Waals surface area (Å²) in [5.41, 5.74) is 2.18. The number of aliphatic hydroxyl groups is 1. The van der Waals surface area contributed by atoms with Gasteiger partial charge in [-0.1, -0.05) is 30.3 Å². The second kappa shape index (κ2) is 12.9. The predicted octanol–water partition coefficient (Wildman–Crippen LogP) is 3.56. The molecular weight excluding hydrogens is 422 g/mol. The summed E-state index contributed by atoms with van der Waals surface area (Å²) in [6.07, 6.45) is 0. The van der Waals surface area contributed by atoms with Gasteiger partial charge >= 0.3 is 0 Å². The first-order chi connectivity index (χ1) is 12.2. The standard InChI is InChI=1S/C19H24BrNO4.ClH/c1-23-18-12-16(13-21-7-9-24-10-8-22)11-17(20)19(18)25-14-15-5-3-2-4-6-15;/h2-6,11-12,21-22H,7-10,13-14H2,1H3;1H. The largest absolute Gasteiger partial charge is 0.493 e. The number of nitrogens with one attached hydrogen (secondary N) is 1. The van der Waals surface area contributed by atoms with Crippen molar-refractivity contribution in [2.24, 2.45) is 0 Å². The summed E-state index contributed by atoms with van der Waals surface area (Å²) in [5.74, 6) is 1.39. The van der Waals surface area contributed by atoms with E-state index in [0.717, 1.165) is 15.6 Å². The number of methoxy groups -OCH3 is 1. The normalized spacial score (nSPS) is 10.3. The van der Waals surface area contributed by atoms with Gasteiger partial charge in [-0.3, -0.25) is 0 Å². The molecular formula is C19H25BrClNO4. The molecule has 0 atom stereocenters. The second-order valence-corrected chi connectivity index (χ2v) is 6.25. The van der Waals surface area contributed by atoms with Crippen LogP contribution in [0.4, 0.5) is 0 Å². The van der Waals surface area contributed by atoms with Gasteiger partial charge in [-0.15, -0.1) is 12.4 Å². The molecule has 2 N–H and O–H groups in total. The Morgan fingerprint density at radius 2 is 1.85 bits per heavy atom. The average Bonchev–Trinajstić information content (AvgIpc) is 2.64. The van der Waals surface area contributed by atoms with Gasteiger partial charge in [-0.25, -0.2) is 0 Å². The molecule has 5 nitrogen and oxygen atoms in total. The highest BCUT2D eigenvalue weighted by Crippen LogP contribution is 2.37. The Balaban J connectivity index is 0.00000338. The van der Waals surface area contributed by atoms with Crippen molar-refractivity contribution >= 4 is 28.3 Å². The number of hydrogen-bond acceptors (Lipinski definition) is 5. The van der Waals surface area contributed by atoms with E-state index in [-0.39, 0.29) is 19.0 Å². The van der Waals surface area contributed by atoms with Crippen LogP contribution < -0.4 is 14.8 Å². The van der Waals surface area contributed by atoms with E-state index in [9.17, 15) is 0 Å². The molecule has 0 spiro atoms. The highest BCUT2D eigenvalue weighted by atomic mass is 79.9. The van der Waals surface area contributed by atoms with Gasteiger partial charge < -0.3 is 24.6 Å². The number of aliphatic hydroxyl groups excluding tert-OH is 1. The van der Waals surface area contributed by atoms with Gasteiger partial charge in [0.05, 0.1) is 31.4 Å². The van der Waals surface area contributed by atoms with Crippen molar-refractivity contribution in [3.05, 3.63) is 58.1 Å². The zero-order valence-corrected chi connectivity index (χ0v) is 17.1. The van der Waals surface area contributed by atoms with Crippen LogP contribution in [0.2, 0.25) is 0 Å². The Bertz CT molecular complexity index is 643. The predicted molar refractivity (Wildman–Crippen MR) is 108 cm³/mol. The van der Waals surface area contributed by atoms with E-state index < -0.39 is 0 Å². The molecule has 0 unspecified atom stereocenters. The van der Waals surface area contributed by atoms with Crippen LogP contribution in [0.5, 0.6) is 11.5 Å². The van der Waals surface area contributed by atoms with Crippen LogP contribution in [0.15, 0.2) is 46.9 Å². The number of hydrogen-bond donors (Lipinski definition) is 2. The summed E-state index contributed by atoms with van der Waals surface area (Å²) >= 11 is 3.57. The fraction of sp³-hybridized carbons (Fsp3) is 0.368. The average molecular weight is 447 g/mol.